The highest BCUT2D eigenvalue weighted by Gasteiger charge is 2.62. The molecule has 0 aliphatic carbocycles. The van der Waals surface area contributed by atoms with E-state index in [2.05, 4.69) is 302 Å². The van der Waals surface area contributed by atoms with Gasteiger partial charge in [0.05, 0.1) is 43.3 Å². The summed E-state index contributed by atoms with van der Waals surface area (Å²) in [4.78, 5) is 35.5. The van der Waals surface area contributed by atoms with E-state index < -0.39 is 27.8 Å². The Morgan fingerprint density at radius 2 is 0.933 bits per heavy atom. The maximum atomic E-state index is 11.2. The Kier molecular flexibility index (Phi) is 18.9. The van der Waals surface area contributed by atoms with E-state index in [1.165, 1.54) is 99.1 Å². The summed E-state index contributed by atoms with van der Waals surface area (Å²) in [6, 6.07) is 58.5. The van der Waals surface area contributed by atoms with Crippen LogP contribution in [0.5, 0.6) is 11.5 Å². The molecule has 3 fully saturated rings. The molecule has 1 spiro atoms. The second-order valence-corrected chi connectivity index (χ2v) is 31.0. The molecule has 8 aliphatic heterocycles. The number of hydrogen-bond acceptors (Lipinski definition) is 14. The molecule has 4 unspecified atom stereocenters. The lowest BCUT2D eigenvalue weighted by atomic mass is 9.76. The molecule has 4 atom stereocenters. The quantitative estimate of drug-likeness (QED) is 0.0971. The van der Waals surface area contributed by atoms with Gasteiger partial charge in [-0.25, -0.2) is 0 Å². The zero-order valence-electron chi connectivity index (χ0n) is 63.4. The minimum atomic E-state index is -0.750. The summed E-state index contributed by atoms with van der Waals surface area (Å²) in [5.74, 6) is 0.821. The second kappa shape index (κ2) is 27.2. The molecule has 540 valence electrons. The number of carbonyl (C=O) groups is 1. The molecule has 8 aliphatic rings. The van der Waals surface area contributed by atoms with Crippen LogP contribution in [0.25, 0.3) is 24.3 Å². The smallest absolute Gasteiger partial charge is 0.274 e. The van der Waals surface area contributed by atoms with Crippen LogP contribution >= 0.6 is 0 Å². The van der Waals surface area contributed by atoms with Crippen molar-refractivity contribution >= 4 is 75.7 Å². The summed E-state index contributed by atoms with van der Waals surface area (Å²) in [6.45, 7) is 28.8. The Hall–Kier alpha value is -10.1. The highest BCUT2D eigenvalue weighted by molar-refractivity contribution is 5.89. The highest BCUT2D eigenvalue weighted by Crippen LogP contribution is 2.60. The van der Waals surface area contributed by atoms with E-state index in [0.29, 0.717) is 17.1 Å². The molecule has 0 radical (unpaired) electrons. The van der Waals surface area contributed by atoms with Gasteiger partial charge >= 0.3 is 0 Å². The third-order valence-electron chi connectivity index (χ3n) is 23.0. The van der Waals surface area contributed by atoms with Gasteiger partial charge in [0, 0.05) is 129 Å². The van der Waals surface area contributed by atoms with Crippen LogP contribution in [0.1, 0.15) is 118 Å². The first-order valence-corrected chi connectivity index (χ1v) is 36.1. The first-order chi connectivity index (χ1) is 49.5. The number of fused-ring (bicyclic) bond motifs is 11. The predicted molar refractivity (Wildman–Crippen MR) is 425 cm³/mol. The van der Waals surface area contributed by atoms with Crippen LogP contribution in [0.15, 0.2) is 194 Å². The monoisotopic (exact) mass is 1400 g/mol. The fourth-order valence-electron chi connectivity index (χ4n) is 17.1. The van der Waals surface area contributed by atoms with Gasteiger partial charge in [0.1, 0.15) is 0 Å². The predicted octanol–water partition coefficient (Wildman–Crippen LogP) is 17.5. The number of nitrogens with one attached hydrogen (secondary N) is 1. The van der Waals surface area contributed by atoms with Crippen molar-refractivity contribution in [3.63, 3.8) is 0 Å². The molecule has 0 bridgehead atoms. The molecular formula is C88H100N8O8. The summed E-state index contributed by atoms with van der Waals surface area (Å²) in [5.41, 5.74) is 17.4. The third-order valence-corrected chi connectivity index (χ3v) is 23.0. The maximum Gasteiger partial charge on any atom is 0.274 e. The van der Waals surface area contributed by atoms with Crippen LogP contribution in [-0.4, -0.2) is 116 Å². The summed E-state index contributed by atoms with van der Waals surface area (Å²) >= 11 is 0. The lowest BCUT2D eigenvalue weighted by Gasteiger charge is -2.45. The number of para-hydroxylation sites is 2. The zero-order valence-corrected chi connectivity index (χ0v) is 63.4. The van der Waals surface area contributed by atoms with E-state index >= 15 is 0 Å². The van der Waals surface area contributed by atoms with Crippen molar-refractivity contribution in [1.29, 1.82) is 0 Å². The molecule has 8 aromatic rings. The minimum absolute atomic E-state index is 0.0206. The normalized spacial score (nSPS) is 22.9. The van der Waals surface area contributed by atoms with Crippen LogP contribution in [0, 0.1) is 24.0 Å². The van der Waals surface area contributed by atoms with Crippen molar-refractivity contribution in [2.24, 2.45) is 0 Å². The number of hydrogen-bond donors (Lipinski definition) is 1. The van der Waals surface area contributed by atoms with Gasteiger partial charge in [-0.05, 0) is 158 Å². The van der Waals surface area contributed by atoms with Crippen molar-refractivity contribution < 1.29 is 33.4 Å². The second-order valence-electron chi connectivity index (χ2n) is 31.0. The zero-order chi connectivity index (χ0) is 74.1. The molecule has 16 heteroatoms. The van der Waals surface area contributed by atoms with Crippen LogP contribution in [0.3, 0.4) is 0 Å². The fraction of sp³-hybridized carbons (Fsp3) is 0.352. The molecule has 8 aromatic carbocycles. The number of methoxy groups -OCH3 is 1. The van der Waals surface area contributed by atoms with Gasteiger partial charge in [-0.15, -0.1) is 0 Å². The molecule has 0 saturated carbocycles. The van der Waals surface area contributed by atoms with Crippen molar-refractivity contribution in [2.45, 2.75) is 121 Å². The number of anilines is 7. The Morgan fingerprint density at radius 3 is 1.36 bits per heavy atom. The van der Waals surface area contributed by atoms with Crippen molar-refractivity contribution in [2.75, 3.05) is 117 Å². The average Bonchev–Trinajstić information content (AvgIpc) is 1.57. The number of non-ortho nitro benzene ring substituents is 1. The molecule has 8 heterocycles. The Labute approximate surface area is 614 Å². The van der Waals surface area contributed by atoms with Gasteiger partial charge in [-0.1, -0.05) is 168 Å². The summed E-state index contributed by atoms with van der Waals surface area (Å²) in [5, 5.41) is 14.0. The van der Waals surface area contributed by atoms with Crippen LogP contribution < -0.4 is 44.2 Å². The number of likely N-dealkylation sites (N-methyl/N-ethyl adjacent to an activating group) is 1. The summed E-state index contributed by atoms with van der Waals surface area (Å²) in [6.07, 6.45) is 17.1. The molecule has 1 N–H and O–H groups in total. The Bertz CT molecular complexity index is 4710. The van der Waals surface area contributed by atoms with E-state index in [9.17, 15) is 14.9 Å². The van der Waals surface area contributed by atoms with Crippen molar-refractivity contribution in [3.05, 3.63) is 260 Å². The highest BCUT2D eigenvalue weighted by atomic mass is 16.6. The molecule has 0 aromatic heterocycles. The van der Waals surface area contributed by atoms with Gasteiger partial charge in [0.15, 0.2) is 28.7 Å². The lowest BCUT2D eigenvalue weighted by Crippen LogP contribution is -2.58. The molecule has 1 amide bonds. The summed E-state index contributed by atoms with van der Waals surface area (Å²) < 4.78 is 31.1. The van der Waals surface area contributed by atoms with Crippen LogP contribution in [0.4, 0.5) is 45.5 Å². The number of nitro groups is 1. The van der Waals surface area contributed by atoms with Gasteiger partial charge in [0.2, 0.25) is 11.6 Å². The third kappa shape index (κ3) is 12.0. The number of benzene rings is 8. The minimum Gasteiger partial charge on any atom is -0.493 e. The van der Waals surface area contributed by atoms with E-state index in [1.807, 2.05) is 43.5 Å². The topological polar surface area (TPSA) is 138 Å². The molecule has 104 heavy (non-hydrogen) atoms. The number of aryl methyl sites for hydroxylation is 2. The maximum absolute atomic E-state index is 11.2. The molecule has 16 nitrogen and oxygen atoms in total. The number of nitro benzene ring substituents is 1. The van der Waals surface area contributed by atoms with Crippen LogP contribution in [0.2, 0.25) is 0 Å². The van der Waals surface area contributed by atoms with E-state index in [4.69, 9.17) is 23.7 Å². The SMILES string of the molecule is CC(=O)Nc1ccc(/C=C/C23OCCN2c2ccccc2C3(C)C)cc1.CN(C)c1ccc(/C=C/C23OCCN2c2ccccc2C3(C)C)cc1.COc1cc([N+](=O)[O-])cc2c1OC1(C=C2)N(C)c2ccc(C)cc2C1(C)C.Cc1ccc2c(c1)C(C)(C)C1(C=Cc3ccc(N(C)C)cc3)OCCN21. The Morgan fingerprint density at radius 1 is 0.529 bits per heavy atom. The number of carbonyl (C=O) groups excluding carboxylic acids is 1. The van der Waals surface area contributed by atoms with Crippen LogP contribution in [-0.2, 0) is 40.7 Å². The van der Waals surface area contributed by atoms with Crippen molar-refractivity contribution in [1.82, 2.24) is 0 Å². The first kappa shape index (κ1) is 72.2. The fourth-order valence-corrected chi connectivity index (χ4v) is 17.1. The molecule has 16 rings (SSSR count). The molecule has 3 saturated heterocycles. The van der Waals surface area contributed by atoms with E-state index in [-0.39, 0.29) is 33.3 Å². The largest absolute Gasteiger partial charge is 0.493 e. The van der Waals surface area contributed by atoms with E-state index in [0.717, 1.165) is 56.4 Å². The first-order valence-electron chi connectivity index (χ1n) is 36.1. The number of amides is 1. The van der Waals surface area contributed by atoms with Gasteiger partial charge in [-0.2, -0.15) is 0 Å². The molecular weight excluding hydrogens is 1300 g/mol. The Balaban J connectivity index is 0.000000123. The summed E-state index contributed by atoms with van der Waals surface area (Å²) in [7, 11) is 11.8. The lowest BCUT2D eigenvalue weighted by molar-refractivity contribution is -0.385. The average molecular weight is 1400 g/mol. The van der Waals surface area contributed by atoms with Crippen molar-refractivity contribution in [3.8, 4) is 11.5 Å². The standard InChI is InChI=1S/C23H28N2O.C22H24N2O2.C22H26N2O.C21H22N2O4/c1-17-6-11-21-20(16-17)22(2,3)23(25(21)14-15-26-23)13-12-18-7-9-19(10-8-18)24(4)5;1-16(25)23-18-10-8-17(9-11-18)12-13-22-21(2,3)19-6-4-5-7-20(19)24(22)14-15-26-22;1-21(2)19-7-5-6-8-20(19)24-15-16-25-22(21,24)14-13-17-9-11-18(12-10-17)23(3)4;1-13-6-7-17-16(10-13)20(2,3)21(22(17)4)9-8-14-11-15(23(24)25)12-18(26-5)19(14)27-21/h6-13,16H,14-15H2,1-5H3;4-13H,14-15H2,1-3H3,(H,23,25);5-14H,15-16H2,1-4H3;6-12H,1-5H3/b;13-12+;14-13+;. The number of ether oxygens (including phenoxy) is 5. The van der Waals surface area contributed by atoms with Gasteiger partial charge in [-0.3, -0.25) is 14.9 Å². The number of nitrogens with zero attached hydrogens (tertiary/aromatic N) is 7. The van der Waals surface area contributed by atoms with E-state index in [1.54, 1.807) is 0 Å². The number of rotatable bonds is 11. The van der Waals surface area contributed by atoms with Gasteiger partial charge < -0.3 is 58.4 Å². The van der Waals surface area contributed by atoms with Gasteiger partial charge in [0.25, 0.3) is 5.69 Å².